The van der Waals surface area contributed by atoms with Crippen molar-refractivity contribution < 1.29 is 32.3 Å². The van der Waals surface area contributed by atoms with E-state index in [0.29, 0.717) is 5.57 Å². The number of alkyl halides is 3. The fourth-order valence-corrected chi connectivity index (χ4v) is 4.22. The predicted octanol–water partition coefficient (Wildman–Crippen LogP) is 6.19. The normalized spacial score (nSPS) is 18.9. The van der Waals surface area contributed by atoms with E-state index in [4.69, 9.17) is 11.6 Å². The zero-order chi connectivity index (χ0) is 24.1. The van der Waals surface area contributed by atoms with Crippen molar-refractivity contribution in [2.45, 2.75) is 32.4 Å². The lowest BCUT2D eigenvalue weighted by Gasteiger charge is -2.28. The third-order valence-corrected chi connectivity index (χ3v) is 6.26. The van der Waals surface area contributed by atoms with E-state index in [1.165, 1.54) is 12.1 Å². The van der Waals surface area contributed by atoms with Crippen LogP contribution in [0.15, 0.2) is 42.5 Å². The molecule has 0 saturated heterocycles. The second kappa shape index (κ2) is 7.98. The summed E-state index contributed by atoms with van der Waals surface area (Å²) in [5.74, 6) is -2.82. The van der Waals surface area contributed by atoms with Gasteiger partial charge in [-0.2, -0.15) is 23.0 Å². The molecule has 2 aromatic carbocycles. The van der Waals surface area contributed by atoms with Crippen molar-refractivity contribution in [3.8, 4) is 0 Å². The lowest BCUT2D eigenvalue weighted by atomic mass is 9.76. The van der Waals surface area contributed by atoms with Crippen LogP contribution in [-0.2, 0) is 11.0 Å². The maximum Gasteiger partial charge on any atom is 0.417 e. The molecule has 1 atom stereocenters. The summed E-state index contributed by atoms with van der Waals surface area (Å²) in [6.07, 6.45) is -2.56. The highest BCUT2D eigenvalue weighted by molar-refractivity contribution is 6.34. The van der Waals surface area contributed by atoms with Gasteiger partial charge in [-0.05, 0) is 56.0 Å². The highest BCUT2D eigenvalue weighted by Crippen LogP contribution is 2.41. The van der Waals surface area contributed by atoms with Crippen LogP contribution in [0.4, 0.5) is 17.6 Å². The van der Waals surface area contributed by atoms with Crippen molar-refractivity contribution in [3.63, 3.8) is 0 Å². The van der Waals surface area contributed by atoms with E-state index < -0.39 is 45.4 Å². The summed E-state index contributed by atoms with van der Waals surface area (Å²) in [6, 6.07) is 6.84. The number of nitrogens with zero attached hydrogens (tertiary/aromatic N) is 2. The average molecular weight is 481 g/mol. The van der Waals surface area contributed by atoms with Gasteiger partial charge >= 0.3 is 12.1 Å². The Morgan fingerprint density at radius 1 is 1.18 bits per heavy atom. The molecule has 0 aliphatic heterocycles. The average Bonchev–Trinajstić information content (AvgIpc) is 3.14. The van der Waals surface area contributed by atoms with E-state index >= 15 is 0 Å². The topological polar surface area (TPSA) is 72.2 Å². The Kier molecular flexibility index (Phi) is 5.56. The molecule has 0 unspecified atom stereocenters. The van der Waals surface area contributed by atoms with Crippen molar-refractivity contribution in [2.75, 3.05) is 0 Å². The number of allylic oxidation sites excluding steroid dienone is 2. The minimum absolute atomic E-state index is 0.0180. The molecule has 172 valence electrons. The first-order valence-corrected chi connectivity index (χ1v) is 10.3. The third kappa shape index (κ3) is 3.90. The molecular weight excluding hydrogens is 464 g/mol. The van der Waals surface area contributed by atoms with Crippen LogP contribution in [0.25, 0.3) is 16.5 Å². The number of carboxylic acid groups (broad SMARTS) is 1. The first-order valence-electron chi connectivity index (χ1n) is 9.94. The number of hydrogen-bond donors (Lipinski definition) is 1. The number of aliphatic carboxylic acids is 1. The highest BCUT2D eigenvalue weighted by Gasteiger charge is 2.38. The largest absolute Gasteiger partial charge is 0.481 e. The van der Waals surface area contributed by atoms with Gasteiger partial charge in [0, 0.05) is 0 Å². The molecule has 1 aliphatic rings. The minimum atomic E-state index is -4.85. The van der Waals surface area contributed by atoms with Gasteiger partial charge in [0.05, 0.1) is 38.2 Å². The van der Waals surface area contributed by atoms with Crippen LogP contribution in [0.2, 0.25) is 5.02 Å². The molecule has 0 bridgehead atoms. The summed E-state index contributed by atoms with van der Waals surface area (Å²) >= 11 is 5.98. The Bertz CT molecular complexity index is 1330. The number of aromatic nitrogens is 2. The van der Waals surface area contributed by atoms with E-state index in [9.17, 15) is 32.3 Å². The van der Waals surface area contributed by atoms with Gasteiger partial charge in [0.2, 0.25) is 0 Å². The van der Waals surface area contributed by atoms with E-state index in [0.717, 1.165) is 28.9 Å². The van der Waals surface area contributed by atoms with Crippen LogP contribution in [0.1, 0.15) is 47.8 Å². The molecule has 5 nitrogen and oxygen atoms in total. The fraction of sp³-hybridized carbons (Fsp3) is 0.261. The van der Waals surface area contributed by atoms with Gasteiger partial charge in [0.1, 0.15) is 5.82 Å². The number of rotatable bonds is 3. The van der Waals surface area contributed by atoms with Gasteiger partial charge < -0.3 is 5.11 Å². The first-order chi connectivity index (χ1) is 15.4. The number of carbonyl (C=O) groups excluding carboxylic acids is 1. The fourth-order valence-electron chi connectivity index (χ4n) is 3.96. The Morgan fingerprint density at radius 3 is 2.48 bits per heavy atom. The van der Waals surface area contributed by atoms with Crippen molar-refractivity contribution in [1.29, 1.82) is 0 Å². The van der Waals surface area contributed by atoms with Gasteiger partial charge in [-0.25, -0.2) is 4.39 Å². The molecule has 3 aromatic rings. The molecule has 0 saturated carbocycles. The van der Waals surface area contributed by atoms with Gasteiger partial charge in [-0.15, -0.1) is 0 Å². The zero-order valence-electron chi connectivity index (χ0n) is 17.2. The summed E-state index contributed by atoms with van der Waals surface area (Å²) in [7, 11) is 0. The van der Waals surface area contributed by atoms with Crippen molar-refractivity contribution in [1.82, 2.24) is 9.78 Å². The SMILES string of the molecule is C[C@]1(C(=O)O)CC=C(c2nn(C(=O)c3c(Cl)cccc3C(F)(F)F)c3cccc(F)c23)CC1. The van der Waals surface area contributed by atoms with Crippen molar-refractivity contribution >= 4 is 40.0 Å². The number of fused-ring (bicyclic) bond motifs is 1. The molecule has 1 aromatic heterocycles. The van der Waals surface area contributed by atoms with Crippen LogP contribution in [0.5, 0.6) is 0 Å². The quantitative estimate of drug-likeness (QED) is 0.453. The van der Waals surface area contributed by atoms with Crippen molar-refractivity contribution in [3.05, 3.63) is 70.1 Å². The van der Waals surface area contributed by atoms with Gasteiger partial charge in [0.15, 0.2) is 0 Å². The van der Waals surface area contributed by atoms with E-state index in [-0.39, 0.29) is 35.9 Å². The monoisotopic (exact) mass is 480 g/mol. The van der Waals surface area contributed by atoms with Gasteiger partial charge in [-0.3, -0.25) is 9.59 Å². The second-order valence-corrected chi connectivity index (χ2v) is 8.57. The summed E-state index contributed by atoms with van der Waals surface area (Å²) in [4.78, 5) is 24.8. The van der Waals surface area contributed by atoms with Gasteiger partial charge in [0.25, 0.3) is 5.91 Å². The number of hydrogen-bond acceptors (Lipinski definition) is 3. The molecular formula is C23H17ClF4N2O3. The van der Waals surface area contributed by atoms with Gasteiger partial charge in [-0.1, -0.05) is 29.8 Å². The molecule has 1 aliphatic carbocycles. The lowest BCUT2D eigenvalue weighted by molar-refractivity contribution is -0.148. The second-order valence-electron chi connectivity index (χ2n) is 8.16. The number of carbonyl (C=O) groups is 2. The van der Waals surface area contributed by atoms with Crippen LogP contribution >= 0.6 is 11.6 Å². The predicted molar refractivity (Wildman–Crippen MR) is 113 cm³/mol. The maximum absolute atomic E-state index is 14.8. The molecule has 1 heterocycles. The number of benzene rings is 2. The Hall–Kier alpha value is -3.20. The summed E-state index contributed by atoms with van der Waals surface area (Å²) in [5.41, 5.74) is -2.42. The van der Waals surface area contributed by atoms with Crippen LogP contribution < -0.4 is 0 Å². The molecule has 1 N–H and O–H groups in total. The standard InChI is InChI=1S/C23H17ClF4N2O3/c1-22(21(32)33)10-8-12(9-11-22)19-18-15(25)6-3-7-16(18)30(29-19)20(31)17-13(23(26,27)28)4-2-5-14(17)24/h2-8H,9-11H2,1H3,(H,32,33)/t22-/m0/s1. The lowest BCUT2D eigenvalue weighted by Crippen LogP contribution is -2.29. The van der Waals surface area contributed by atoms with E-state index in [2.05, 4.69) is 5.10 Å². The third-order valence-electron chi connectivity index (χ3n) is 5.95. The van der Waals surface area contributed by atoms with E-state index in [1.54, 1.807) is 13.0 Å². The smallest absolute Gasteiger partial charge is 0.417 e. The summed E-state index contributed by atoms with van der Waals surface area (Å²) < 4.78 is 56.2. The number of carboxylic acids is 1. The first kappa shape index (κ1) is 23.0. The minimum Gasteiger partial charge on any atom is -0.481 e. The Morgan fingerprint density at radius 2 is 1.88 bits per heavy atom. The van der Waals surface area contributed by atoms with Crippen LogP contribution in [0, 0.1) is 11.2 Å². The maximum atomic E-state index is 14.8. The number of halogens is 5. The molecule has 4 rings (SSSR count). The molecule has 0 fully saturated rings. The van der Waals surface area contributed by atoms with Crippen molar-refractivity contribution in [2.24, 2.45) is 5.41 Å². The zero-order valence-corrected chi connectivity index (χ0v) is 18.0. The van der Waals surface area contributed by atoms with E-state index in [1.807, 2.05) is 0 Å². The molecule has 10 heteroatoms. The Labute approximate surface area is 190 Å². The Balaban J connectivity index is 1.90. The molecule has 33 heavy (non-hydrogen) atoms. The van der Waals surface area contributed by atoms with Crippen LogP contribution in [-0.4, -0.2) is 26.8 Å². The summed E-state index contributed by atoms with van der Waals surface area (Å²) in [6.45, 7) is 1.60. The molecule has 0 amide bonds. The van der Waals surface area contributed by atoms with Crippen LogP contribution in [0.3, 0.4) is 0 Å². The molecule has 0 radical (unpaired) electrons. The highest BCUT2D eigenvalue weighted by atomic mass is 35.5. The summed E-state index contributed by atoms with van der Waals surface area (Å²) in [5, 5.41) is 13.2. The molecule has 0 spiro atoms.